The van der Waals surface area contributed by atoms with Gasteiger partial charge in [0.25, 0.3) is 5.91 Å². The molecule has 2 bridgehead atoms. The molecule has 7 nitrogen and oxygen atoms in total. The second kappa shape index (κ2) is 10.4. The lowest BCUT2D eigenvalue weighted by Crippen LogP contribution is -2.50. The Bertz CT molecular complexity index is 1410. The number of fused-ring (bicyclic) bond motifs is 4. The number of carbonyl (C=O) groups is 2. The van der Waals surface area contributed by atoms with Gasteiger partial charge in [-0.25, -0.2) is 4.21 Å². The molecule has 2 aliphatic heterocycles. The maximum Gasteiger partial charge on any atom is 0.262 e. The van der Waals surface area contributed by atoms with E-state index >= 15 is 0 Å². The molecule has 2 heterocycles. The maximum atomic E-state index is 13.2. The Morgan fingerprint density at radius 3 is 2.79 bits per heavy atom. The molecule has 2 aliphatic carbocycles. The molecular formula is C30H36ClN3O4S. The Balaban J connectivity index is 1.41. The molecule has 1 unspecified atom stereocenters. The summed E-state index contributed by atoms with van der Waals surface area (Å²) in [6.07, 6.45) is 6.20. The highest BCUT2D eigenvalue weighted by Crippen LogP contribution is 2.46. The van der Waals surface area contributed by atoms with Gasteiger partial charge in [-0.15, -0.1) is 0 Å². The van der Waals surface area contributed by atoms with Gasteiger partial charge in [0.15, 0.2) is 0 Å². The van der Waals surface area contributed by atoms with Crippen LogP contribution < -0.4 is 19.7 Å². The summed E-state index contributed by atoms with van der Waals surface area (Å²) in [5.74, 6) is 4.70. The van der Waals surface area contributed by atoms with Gasteiger partial charge in [0.1, 0.15) is 5.75 Å². The number of nitrogens with one attached hydrogen (secondary N) is 2. The van der Waals surface area contributed by atoms with Gasteiger partial charge >= 0.3 is 0 Å². The number of aryl methyl sites for hydroxylation is 1. The van der Waals surface area contributed by atoms with Gasteiger partial charge in [0, 0.05) is 57.0 Å². The molecule has 0 aromatic heterocycles. The Labute approximate surface area is 235 Å². The molecule has 39 heavy (non-hydrogen) atoms. The fourth-order valence-electron chi connectivity index (χ4n) is 6.75. The van der Waals surface area contributed by atoms with Gasteiger partial charge in [0.2, 0.25) is 5.91 Å². The topological polar surface area (TPSA) is 87.7 Å². The lowest BCUT2D eigenvalue weighted by Gasteiger charge is -2.44. The largest absolute Gasteiger partial charge is 0.490 e. The van der Waals surface area contributed by atoms with Gasteiger partial charge < -0.3 is 15.0 Å². The quantitative estimate of drug-likeness (QED) is 0.466. The van der Waals surface area contributed by atoms with Crippen LogP contribution in [-0.2, 0) is 26.3 Å². The van der Waals surface area contributed by atoms with E-state index < -0.39 is 15.6 Å². The summed E-state index contributed by atoms with van der Waals surface area (Å²) in [7, 11) is -2.80. The lowest BCUT2D eigenvalue weighted by atomic mass is 9.69. The van der Waals surface area contributed by atoms with E-state index in [1.807, 2.05) is 18.2 Å². The van der Waals surface area contributed by atoms with E-state index in [4.69, 9.17) is 16.3 Å². The molecule has 0 radical (unpaired) electrons. The third kappa shape index (κ3) is 5.25. The Kier molecular flexibility index (Phi) is 7.04. The van der Waals surface area contributed by atoms with Crippen molar-refractivity contribution < 1.29 is 18.5 Å². The summed E-state index contributed by atoms with van der Waals surface area (Å²) >= 11 is 6.37. The zero-order valence-corrected chi connectivity index (χ0v) is 23.8. The standard InChI is InChI=1S/C30H36ClN3O4S/c1-39(37)14-3-2-13-32-29(36)24-9-6-22(24)17-34-18-30(12-4-5-20-15-23(31)8-10-25(20)30)19-38-27-11-7-21(16-26(27)34)28(35)33-39/h7-8,10-11,15-16,22,24H,1-6,9,12-14,17-19H2,(H,32,36)(H,33,35,37)/t22-,24+,30-,39?/m0/s1. The average Bonchev–Trinajstić information content (AvgIpc) is 3.02. The van der Waals surface area contributed by atoms with E-state index in [-0.39, 0.29) is 28.9 Å². The van der Waals surface area contributed by atoms with Gasteiger partial charge in [-0.3, -0.25) is 14.3 Å². The highest BCUT2D eigenvalue weighted by molar-refractivity contribution is 7.99. The van der Waals surface area contributed by atoms with Crippen LogP contribution in [-0.4, -0.2) is 53.9 Å². The number of hydrogen-bond donors (Lipinski definition) is 2. The second-order valence-electron chi connectivity index (χ2n) is 11.7. The normalized spacial score (nSPS) is 31.1. The highest BCUT2D eigenvalue weighted by atomic mass is 35.5. The van der Waals surface area contributed by atoms with Crippen LogP contribution in [0.5, 0.6) is 5.75 Å². The molecule has 1 saturated carbocycles. The first-order valence-electron chi connectivity index (χ1n) is 14.0. The minimum Gasteiger partial charge on any atom is -0.490 e. The number of hydrogen-bond acceptors (Lipinski definition) is 5. The van der Waals surface area contributed by atoms with E-state index in [0.717, 1.165) is 55.1 Å². The Hall–Kier alpha value is -2.71. The van der Waals surface area contributed by atoms with Crippen molar-refractivity contribution in [3.8, 4) is 5.75 Å². The summed E-state index contributed by atoms with van der Waals surface area (Å²) < 4.78 is 22.2. The molecule has 4 aliphatic rings. The highest BCUT2D eigenvalue weighted by Gasteiger charge is 2.44. The van der Waals surface area contributed by atoms with E-state index in [9.17, 15) is 13.8 Å². The molecule has 1 fully saturated rings. The van der Waals surface area contributed by atoms with Gasteiger partial charge in [-0.1, -0.05) is 17.7 Å². The van der Waals surface area contributed by atoms with Crippen LogP contribution in [0.4, 0.5) is 5.69 Å². The molecule has 0 saturated heterocycles. The number of anilines is 1. The first-order valence-corrected chi connectivity index (χ1v) is 16.3. The van der Waals surface area contributed by atoms with Crippen molar-refractivity contribution in [3.63, 3.8) is 0 Å². The number of halogens is 1. The number of rotatable bonds is 0. The summed E-state index contributed by atoms with van der Waals surface area (Å²) in [6, 6.07) is 11.6. The van der Waals surface area contributed by atoms with Crippen LogP contribution in [0, 0.1) is 11.8 Å². The SMILES string of the molecule is C=S1(=O)CCCCNC(=O)[C@@H]2CC[C@H]2CN2C[C@@]3(CCCc4cc(Cl)ccc43)COc3ccc(cc32)C(=O)N1. The number of carbonyl (C=O) groups excluding carboxylic acids is 2. The van der Waals surface area contributed by atoms with E-state index in [0.29, 0.717) is 38.1 Å². The number of benzene rings is 2. The van der Waals surface area contributed by atoms with Gasteiger partial charge in [-0.2, -0.15) is 0 Å². The van der Waals surface area contributed by atoms with Crippen LogP contribution in [0.25, 0.3) is 0 Å². The third-order valence-electron chi connectivity index (χ3n) is 8.99. The molecule has 4 atom stereocenters. The fraction of sp³-hybridized carbons (Fsp3) is 0.500. The summed E-state index contributed by atoms with van der Waals surface area (Å²) in [5, 5.41) is 3.83. The lowest BCUT2D eigenvalue weighted by molar-refractivity contribution is -0.130. The van der Waals surface area contributed by atoms with E-state index in [2.05, 4.69) is 32.9 Å². The minimum absolute atomic E-state index is 0.0255. The summed E-state index contributed by atoms with van der Waals surface area (Å²) in [5.41, 5.74) is 3.58. The van der Waals surface area contributed by atoms with Crippen molar-refractivity contribution >= 4 is 44.7 Å². The van der Waals surface area contributed by atoms with Crippen molar-refractivity contribution in [2.24, 2.45) is 11.8 Å². The molecule has 208 valence electrons. The van der Waals surface area contributed by atoms with Crippen LogP contribution >= 0.6 is 11.6 Å². The Morgan fingerprint density at radius 2 is 1.97 bits per heavy atom. The van der Waals surface area contributed by atoms with Crippen molar-refractivity contribution in [3.05, 3.63) is 58.1 Å². The first kappa shape index (κ1) is 26.5. The average molecular weight is 570 g/mol. The summed E-state index contributed by atoms with van der Waals surface area (Å²) in [6.45, 7) is 2.49. The monoisotopic (exact) mass is 569 g/mol. The van der Waals surface area contributed by atoms with Crippen molar-refractivity contribution in [1.82, 2.24) is 10.0 Å². The van der Waals surface area contributed by atoms with Crippen molar-refractivity contribution in [1.29, 1.82) is 0 Å². The summed E-state index contributed by atoms with van der Waals surface area (Å²) in [4.78, 5) is 28.6. The molecule has 9 heteroatoms. The van der Waals surface area contributed by atoms with Gasteiger partial charge in [0.05, 0.1) is 12.3 Å². The van der Waals surface area contributed by atoms with E-state index in [1.54, 1.807) is 6.07 Å². The zero-order chi connectivity index (χ0) is 27.2. The molecular weight excluding hydrogens is 534 g/mol. The molecule has 2 aromatic rings. The second-order valence-corrected chi connectivity index (χ2v) is 14.3. The molecule has 2 aromatic carbocycles. The maximum absolute atomic E-state index is 13.2. The van der Waals surface area contributed by atoms with Crippen LogP contribution in [0.1, 0.15) is 60.0 Å². The molecule has 2 amide bonds. The predicted molar refractivity (Wildman–Crippen MR) is 156 cm³/mol. The number of amides is 2. The third-order valence-corrected chi connectivity index (χ3v) is 10.7. The van der Waals surface area contributed by atoms with Crippen molar-refractivity contribution in [2.75, 3.05) is 36.9 Å². The number of ether oxygens (including phenoxy) is 1. The molecule has 2 N–H and O–H groups in total. The van der Waals surface area contributed by atoms with Crippen LogP contribution in [0.3, 0.4) is 0 Å². The zero-order valence-electron chi connectivity index (χ0n) is 22.2. The van der Waals surface area contributed by atoms with Gasteiger partial charge in [-0.05, 0) is 98.2 Å². The number of nitrogens with zero attached hydrogens (tertiary/aromatic N) is 1. The van der Waals surface area contributed by atoms with Crippen LogP contribution in [0.2, 0.25) is 5.02 Å². The fourth-order valence-corrected chi connectivity index (χ4v) is 8.18. The predicted octanol–water partition coefficient (Wildman–Crippen LogP) is 4.11. The molecule has 6 rings (SSSR count). The van der Waals surface area contributed by atoms with Crippen LogP contribution in [0.15, 0.2) is 36.4 Å². The Morgan fingerprint density at radius 1 is 1.10 bits per heavy atom. The molecule has 1 spiro atoms. The smallest absolute Gasteiger partial charge is 0.262 e. The van der Waals surface area contributed by atoms with Crippen molar-refractivity contribution in [2.45, 2.75) is 50.4 Å². The van der Waals surface area contributed by atoms with E-state index in [1.165, 1.54) is 11.1 Å². The minimum atomic E-state index is -2.80. The first-order chi connectivity index (χ1) is 18.7.